The molecule has 6 rings (SSSR count). The van der Waals surface area contributed by atoms with Gasteiger partial charge in [0.05, 0.1) is 16.6 Å². The van der Waals surface area contributed by atoms with Crippen LogP contribution in [-0.4, -0.2) is 95.2 Å². The van der Waals surface area contributed by atoms with Gasteiger partial charge in [0.2, 0.25) is 0 Å². The van der Waals surface area contributed by atoms with E-state index in [1.165, 1.54) is 23.9 Å². The van der Waals surface area contributed by atoms with Crippen molar-refractivity contribution in [3.63, 3.8) is 0 Å². The molecule has 3 aliphatic heterocycles. The van der Waals surface area contributed by atoms with E-state index < -0.39 is 17.2 Å². The van der Waals surface area contributed by atoms with Gasteiger partial charge in [0.1, 0.15) is 23.1 Å². The van der Waals surface area contributed by atoms with E-state index >= 15 is 4.39 Å². The zero-order chi connectivity index (χ0) is 31.3. The van der Waals surface area contributed by atoms with E-state index in [4.69, 9.17) is 16.3 Å². The van der Waals surface area contributed by atoms with Gasteiger partial charge in [-0.2, -0.15) is 4.98 Å². The Morgan fingerprint density at radius 1 is 1.16 bits per heavy atom. The molecule has 44 heavy (non-hydrogen) atoms. The summed E-state index contributed by atoms with van der Waals surface area (Å²) in [4.78, 5) is 38.2. The lowest BCUT2D eigenvalue weighted by Crippen LogP contribution is -2.55. The van der Waals surface area contributed by atoms with E-state index in [0.717, 1.165) is 32.2 Å². The van der Waals surface area contributed by atoms with Crippen LogP contribution in [0.1, 0.15) is 33.7 Å². The minimum atomic E-state index is -0.721. The normalized spacial score (nSPS) is 21.2. The lowest BCUT2D eigenvalue weighted by molar-refractivity contribution is 0.0218. The van der Waals surface area contributed by atoms with Gasteiger partial charge in [0, 0.05) is 91.6 Å². The Morgan fingerprint density at radius 3 is 2.59 bits per heavy atom. The Labute approximate surface area is 264 Å². The smallest absolute Gasteiger partial charge is 0.410 e. The van der Waals surface area contributed by atoms with Crippen LogP contribution >= 0.6 is 23.4 Å². The number of piperazine rings is 2. The summed E-state index contributed by atoms with van der Waals surface area (Å²) in [6.07, 6.45) is -0.380. The first kappa shape index (κ1) is 31.1. The Hall–Kier alpha value is -2.93. The molecule has 1 N–H and O–H groups in total. The number of rotatable bonds is 4. The number of amides is 1. The molecule has 2 fully saturated rings. The zero-order valence-electron chi connectivity index (χ0n) is 25.3. The molecule has 0 aliphatic carbocycles. The molecule has 2 atom stereocenters. The molecule has 4 heterocycles. The average molecular weight is 647 g/mol. The van der Waals surface area contributed by atoms with Crippen LogP contribution in [0.5, 0.6) is 0 Å². The summed E-state index contributed by atoms with van der Waals surface area (Å²) in [5.41, 5.74) is 0.278. The summed E-state index contributed by atoms with van der Waals surface area (Å²) in [6, 6.07) is 4.87. The number of carbonyl (C=O) groups is 1. The number of hydrogen-bond donors (Lipinski definition) is 1. The molecule has 0 bridgehead atoms. The molecule has 0 radical (unpaired) electrons. The lowest BCUT2D eigenvalue weighted by atomic mass is 10.0. The molecule has 1 aromatic heterocycles. The summed E-state index contributed by atoms with van der Waals surface area (Å²) in [5.74, 6) is -0.339. The van der Waals surface area contributed by atoms with E-state index in [0.29, 0.717) is 64.1 Å². The number of hydrogen-bond acceptors (Lipinski definition) is 8. The highest BCUT2D eigenvalue weighted by Crippen LogP contribution is 2.48. The standard InChI is InChI=1S/C31H37ClF2N6O3S/c1-18-15-38(30(42)43-31(2,3)4)11-12-39(18)28-22-14-23(32)25(21-6-5-19(33)13-24(21)34)27-26(22)40(29(41)36-28)20(17-44-27)16-37-9-7-35-8-10-37/h5-6,13-14,18,20,35H,7-12,15-17H2,1-4H3/t18?,20-/m0/s1. The minimum Gasteiger partial charge on any atom is -0.444 e. The average Bonchev–Trinajstić information content (AvgIpc) is 2.95. The number of ether oxygens (including phenoxy) is 1. The maximum atomic E-state index is 15.2. The van der Waals surface area contributed by atoms with E-state index in [2.05, 4.69) is 15.2 Å². The molecular weight excluding hydrogens is 610 g/mol. The van der Waals surface area contributed by atoms with Gasteiger partial charge in [-0.1, -0.05) is 11.6 Å². The van der Waals surface area contributed by atoms with Crippen molar-refractivity contribution in [1.29, 1.82) is 0 Å². The molecule has 9 nitrogen and oxygen atoms in total. The molecule has 1 unspecified atom stereocenters. The first-order valence-electron chi connectivity index (χ1n) is 15.0. The number of aromatic nitrogens is 2. The molecule has 2 saturated heterocycles. The maximum absolute atomic E-state index is 15.2. The third-order valence-corrected chi connectivity index (χ3v) is 9.85. The Balaban J connectivity index is 1.46. The highest BCUT2D eigenvalue weighted by Gasteiger charge is 2.35. The van der Waals surface area contributed by atoms with Crippen molar-refractivity contribution in [1.82, 2.24) is 24.7 Å². The third kappa shape index (κ3) is 6.01. The van der Waals surface area contributed by atoms with E-state index in [1.54, 1.807) is 15.5 Å². The summed E-state index contributed by atoms with van der Waals surface area (Å²) in [7, 11) is 0. The van der Waals surface area contributed by atoms with Gasteiger partial charge in [-0.3, -0.25) is 9.47 Å². The van der Waals surface area contributed by atoms with Crippen molar-refractivity contribution >= 4 is 46.2 Å². The van der Waals surface area contributed by atoms with Crippen LogP contribution in [-0.2, 0) is 4.74 Å². The lowest BCUT2D eigenvalue weighted by Gasteiger charge is -2.41. The van der Waals surface area contributed by atoms with Crippen molar-refractivity contribution < 1.29 is 18.3 Å². The molecule has 0 saturated carbocycles. The van der Waals surface area contributed by atoms with Crippen LogP contribution in [0.3, 0.4) is 0 Å². The number of halogens is 3. The van der Waals surface area contributed by atoms with Crippen molar-refractivity contribution in [3.05, 3.63) is 51.4 Å². The molecule has 3 aromatic rings. The molecule has 236 valence electrons. The minimum absolute atomic E-state index is 0.157. The predicted octanol–water partition coefficient (Wildman–Crippen LogP) is 4.99. The van der Waals surface area contributed by atoms with Crippen LogP contribution in [0.15, 0.2) is 34.0 Å². The Kier molecular flexibility index (Phi) is 8.55. The summed E-state index contributed by atoms with van der Waals surface area (Å²) in [5, 5.41) is 4.34. The summed E-state index contributed by atoms with van der Waals surface area (Å²) in [6.45, 7) is 12.9. The van der Waals surface area contributed by atoms with Gasteiger partial charge in [-0.15, -0.1) is 11.8 Å². The van der Waals surface area contributed by atoms with Crippen LogP contribution in [0, 0.1) is 11.6 Å². The van der Waals surface area contributed by atoms with Gasteiger partial charge in [0.25, 0.3) is 0 Å². The van der Waals surface area contributed by atoms with Crippen molar-refractivity contribution in [2.24, 2.45) is 0 Å². The quantitative estimate of drug-likeness (QED) is 0.425. The second-order valence-electron chi connectivity index (χ2n) is 12.7. The van der Waals surface area contributed by atoms with Crippen molar-refractivity contribution in [3.8, 4) is 11.1 Å². The predicted molar refractivity (Wildman–Crippen MR) is 170 cm³/mol. The van der Waals surface area contributed by atoms with Gasteiger partial charge < -0.3 is 19.9 Å². The highest BCUT2D eigenvalue weighted by molar-refractivity contribution is 7.99. The van der Waals surface area contributed by atoms with Crippen molar-refractivity contribution in [2.45, 2.75) is 50.3 Å². The SMILES string of the molecule is CC1CN(C(=O)OC(C)(C)C)CCN1c1nc(=O)n2c3c(c(-c4ccc(F)cc4F)c(Cl)cc13)SC[C@@H]2CN1CCNCC1. The van der Waals surface area contributed by atoms with Crippen LogP contribution in [0.4, 0.5) is 19.4 Å². The fourth-order valence-electron chi connectivity index (χ4n) is 6.31. The summed E-state index contributed by atoms with van der Waals surface area (Å²) < 4.78 is 36.4. The topological polar surface area (TPSA) is 82.9 Å². The second-order valence-corrected chi connectivity index (χ2v) is 14.1. The fourth-order valence-corrected chi connectivity index (χ4v) is 8.00. The third-order valence-electron chi connectivity index (χ3n) is 8.31. The largest absolute Gasteiger partial charge is 0.444 e. The van der Waals surface area contributed by atoms with E-state index in [9.17, 15) is 14.0 Å². The van der Waals surface area contributed by atoms with Gasteiger partial charge in [-0.05, 0) is 45.9 Å². The van der Waals surface area contributed by atoms with Crippen LogP contribution in [0.2, 0.25) is 5.02 Å². The first-order valence-corrected chi connectivity index (χ1v) is 16.3. The Bertz CT molecular complexity index is 1660. The molecule has 2 aromatic carbocycles. The fraction of sp³-hybridized carbons (Fsp3) is 0.516. The molecule has 1 amide bonds. The molecule has 13 heteroatoms. The zero-order valence-corrected chi connectivity index (χ0v) is 26.9. The van der Waals surface area contributed by atoms with Crippen molar-refractivity contribution in [2.75, 3.05) is 63.0 Å². The number of nitrogens with zero attached hydrogens (tertiary/aromatic N) is 5. The molecular formula is C31H37ClF2N6O3S. The second kappa shape index (κ2) is 12.1. The van der Waals surface area contributed by atoms with Gasteiger partial charge in [-0.25, -0.2) is 18.4 Å². The van der Waals surface area contributed by atoms with Gasteiger partial charge in [0.15, 0.2) is 0 Å². The maximum Gasteiger partial charge on any atom is 0.410 e. The van der Waals surface area contributed by atoms with Crippen LogP contribution < -0.4 is 15.9 Å². The molecule has 0 spiro atoms. The Morgan fingerprint density at radius 2 is 1.91 bits per heavy atom. The highest BCUT2D eigenvalue weighted by atomic mass is 35.5. The number of benzene rings is 2. The van der Waals surface area contributed by atoms with E-state index in [1.807, 2.05) is 32.6 Å². The number of carbonyl (C=O) groups excluding carboxylic acids is 1. The summed E-state index contributed by atoms with van der Waals surface area (Å²) >= 11 is 8.46. The van der Waals surface area contributed by atoms with Crippen LogP contribution in [0.25, 0.3) is 22.0 Å². The van der Waals surface area contributed by atoms with E-state index in [-0.39, 0.29) is 29.4 Å². The molecule has 3 aliphatic rings. The van der Waals surface area contributed by atoms with Gasteiger partial charge >= 0.3 is 11.8 Å². The number of anilines is 1. The number of thioether (sulfide) groups is 1. The monoisotopic (exact) mass is 646 g/mol. The number of nitrogens with one attached hydrogen (secondary N) is 1. The first-order chi connectivity index (χ1) is 20.9.